The zero-order valence-electron chi connectivity index (χ0n) is 11.0. The van der Waals surface area contributed by atoms with E-state index >= 15 is 0 Å². The molecule has 0 radical (unpaired) electrons. The summed E-state index contributed by atoms with van der Waals surface area (Å²) in [5.41, 5.74) is 2.97. The van der Waals surface area contributed by atoms with Gasteiger partial charge in [0.05, 0.1) is 4.92 Å². The summed E-state index contributed by atoms with van der Waals surface area (Å²) >= 11 is 3.29. The van der Waals surface area contributed by atoms with Gasteiger partial charge in [0.2, 0.25) is 0 Å². The molecule has 0 aliphatic heterocycles. The quantitative estimate of drug-likeness (QED) is 0.463. The van der Waals surface area contributed by atoms with Crippen LogP contribution in [0.1, 0.15) is 16.7 Å². The molecule has 104 valence electrons. The van der Waals surface area contributed by atoms with Gasteiger partial charge in [-0.1, -0.05) is 46.3 Å². The minimum Gasteiger partial charge on any atom is -0.482 e. The maximum absolute atomic E-state index is 11.1. The van der Waals surface area contributed by atoms with Gasteiger partial charge >= 0.3 is 5.69 Å². The Kier molecular flexibility index (Phi) is 4.74. The van der Waals surface area contributed by atoms with Crippen molar-refractivity contribution in [3.8, 4) is 5.75 Å². The van der Waals surface area contributed by atoms with Crippen LogP contribution in [0.2, 0.25) is 0 Å². The van der Waals surface area contributed by atoms with Crippen LogP contribution < -0.4 is 4.74 Å². The molecule has 0 saturated carbocycles. The van der Waals surface area contributed by atoms with Crippen molar-refractivity contribution in [1.29, 1.82) is 0 Å². The van der Waals surface area contributed by atoms with Crippen molar-refractivity contribution < 1.29 is 9.66 Å². The van der Waals surface area contributed by atoms with Gasteiger partial charge in [0.1, 0.15) is 6.61 Å². The van der Waals surface area contributed by atoms with E-state index < -0.39 is 4.92 Å². The Hall–Kier alpha value is -1.88. The normalized spacial score (nSPS) is 10.3. The van der Waals surface area contributed by atoms with Crippen molar-refractivity contribution in [3.63, 3.8) is 0 Å². The Morgan fingerprint density at radius 3 is 2.65 bits per heavy atom. The molecule has 0 atom stereocenters. The second kappa shape index (κ2) is 6.52. The standard InChI is InChI=1S/C15H14BrNO3/c1-11-4-2-3-5-13(11)10-20-15-7-6-12(9-16)8-14(15)17(18)19/h2-8H,9-10H2,1H3. The van der Waals surface area contributed by atoms with E-state index in [0.717, 1.165) is 16.7 Å². The van der Waals surface area contributed by atoms with Gasteiger partial charge in [0.15, 0.2) is 5.75 Å². The van der Waals surface area contributed by atoms with Crippen LogP contribution in [0.3, 0.4) is 0 Å². The SMILES string of the molecule is Cc1ccccc1COc1ccc(CBr)cc1[N+](=O)[O-]. The van der Waals surface area contributed by atoms with E-state index in [2.05, 4.69) is 15.9 Å². The Morgan fingerprint density at radius 2 is 2.00 bits per heavy atom. The first-order chi connectivity index (χ1) is 9.61. The average molecular weight is 336 g/mol. The topological polar surface area (TPSA) is 52.4 Å². The molecule has 2 aromatic carbocycles. The summed E-state index contributed by atoms with van der Waals surface area (Å²) < 4.78 is 5.61. The number of nitro groups is 1. The van der Waals surface area contributed by atoms with Crippen LogP contribution in [0, 0.1) is 17.0 Å². The van der Waals surface area contributed by atoms with E-state index in [4.69, 9.17) is 4.74 Å². The van der Waals surface area contributed by atoms with Gasteiger partial charge in [-0.15, -0.1) is 0 Å². The molecule has 0 spiro atoms. The van der Waals surface area contributed by atoms with Crippen LogP contribution in [0.4, 0.5) is 5.69 Å². The fourth-order valence-corrected chi connectivity index (χ4v) is 2.19. The van der Waals surface area contributed by atoms with Gasteiger partial charge in [-0.2, -0.15) is 0 Å². The van der Waals surface area contributed by atoms with Crippen LogP contribution in [-0.4, -0.2) is 4.92 Å². The summed E-state index contributed by atoms with van der Waals surface area (Å²) in [5.74, 6) is 0.294. The van der Waals surface area contributed by atoms with Crippen LogP contribution in [-0.2, 0) is 11.9 Å². The van der Waals surface area contributed by atoms with Gasteiger partial charge in [0.25, 0.3) is 0 Å². The highest BCUT2D eigenvalue weighted by Crippen LogP contribution is 2.29. The molecule has 0 amide bonds. The van der Waals surface area contributed by atoms with Crippen molar-refractivity contribution in [1.82, 2.24) is 0 Å². The molecule has 20 heavy (non-hydrogen) atoms. The van der Waals surface area contributed by atoms with Crippen molar-refractivity contribution in [2.24, 2.45) is 0 Å². The maximum Gasteiger partial charge on any atom is 0.311 e. The van der Waals surface area contributed by atoms with E-state index in [1.807, 2.05) is 37.3 Å². The van der Waals surface area contributed by atoms with Gasteiger partial charge in [-0.05, 0) is 29.7 Å². The molecule has 0 aliphatic rings. The second-order valence-corrected chi connectivity index (χ2v) is 4.97. The zero-order valence-corrected chi connectivity index (χ0v) is 12.6. The zero-order chi connectivity index (χ0) is 14.5. The number of benzene rings is 2. The number of nitrogens with zero attached hydrogens (tertiary/aromatic N) is 1. The van der Waals surface area contributed by atoms with Crippen molar-refractivity contribution in [2.45, 2.75) is 18.9 Å². The molecule has 0 aliphatic carbocycles. The molecule has 0 N–H and O–H groups in total. The lowest BCUT2D eigenvalue weighted by Crippen LogP contribution is -2.01. The molecule has 2 rings (SSSR count). The molecule has 0 saturated heterocycles. The number of rotatable bonds is 5. The van der Waals surface area contributed by atoms with Gasteiger partial charge < -0.3 is 4.74 Å². The van der Waals surface area contributed by atoms with Crippen LogP contribution in [0.5, 0.6) is 5.75 Å². The van der Waals surface area contributed by atoms with Crippen molar-refractivity contribution in [3.05, 3.63) is 69.3 Å². The van der Waals surface area contributed by atoms with E-state index in [9.17, 15) is 10.1 Å². The maximum atomic E-state index is 11.1. The molecule has 4 nitrogen and oxygen atoms in total. The number of aryl methyl sites for hydroxylation is 1. The van der Waals surface area contributed by atoms with Crippen LogP contribution >= 0.6 is 15.9 Å². The van der Waals surface area contributed by atoms with Gasteiger partial charge in [0, 0.05) is 11.4 Å². The summed E-state index contributed by atoms with van der Waals surface area (Å²) in [6.07, 6.45) is 0. The minimum atomic E-state index is -0.417. The summed E-state index contributed by atoms with van der Waals surface area (Å²) in [6.45, 7) is 2.31. The number of nitro benzene ring substituents is 1. The fourth-order valence-electron chi connectivity index (χ4n) is 1.84. The van der Waals surface area contributed by atoms with E-state index in [1.54, 1.807) is 6.07 Å². The smallest absolute Gasteiger partial charge is 0.311 e. The number of halogens is 1. The lowest BCUT2D eigenvalue weighted by atomic mass is 10.1. The minimum absolute atomic E-state index is 0.00414. The second-order valence-electron chi connectivity index (χ2n) is 4.41. The highest BCUT2D eigenvalue weighted by atomic mass is 79.9. The number of ether oxygens (including phenoxy) is 1. The monoisotopic (exact) mass is 335 g/mol. The Morgan fingerprint density at radius 1 is 1.25 bits per heavy atom. The molecule has 0 heterocycles. The van der Waals surface area contributed by atoms with Crippen LogP contribution in [0.25, 0.3) is 0 Å². The molecule has 0 fully saturated rings. The molecule has 0 aromatic heterocycles. The van der Waals surface area contributed by atoms with E-state index in [0.29, 0.717) is 17.7 Å². The first kappa shape index (κ1) is 14.5. The third kappa shape index (κ3) is 3.36. The average Bonchev–Trinajstić information content (AvgIpc) is 2.46. The number of hydrogen-bond acceptors (Lipinski definition) is 3. The largest absolute Gasteiger partial charge is 0.482 e. The summed E-state index contributed by atoms with van der Waals surface area (Å²) in [5, 5.41) is 11.7. The Balaban J connectivity index is 2.21. The number of hydrogen-bond donors (Lipinski definition) is 0. The third-order valence-corrected chi connectivity index (χ3v) is 3.67. The van der Waals surface area contributed by atoms with Crippen LogP contribution in [0.15, 0.2) is 42.5 Å². The first-order valence-corrected chi connectivity index (χ1v) is 7.24. The first-order valence-electron chi connectivity index (χ1n) is 6.12. The molecule has 2 aromatic rings. The molecular weight excluding hydrogens is 322 g/mol. The number of alkyl halides is 1. The molecular formula is C15H14BrNO3. The highest BCUT2D eigenvalue weighted by molar-refractivity contribution is 9.08. The lowest BCUT2D eigenvalue weighted by molar-refractivity contribution is -0.386. The summed E-state index contributed by atoms with van der Waals surface area (Å²) in [6, 6.07) is 12.8. The van der Waals surface area contributed by atoms with Gasteiger partial charge in [-0.25, -0.2) is 0 Å². The summed E-state index contributed by atoms with van der Waals surface area (Å²) in [4.78, 5) is 10.7. The lowest BCUT2D eigenvalue weighted by Gasteiger charge is -2.09. The molecule has 0 unspecified atom stereocenters. The third-order valence-electron chi connectivity index (χ3n) is 3.02. The van der Waals surface area contributed by atoms with E-state index in [1.165, 1.54) is 6.07 Å². The molecule has 5 heteroatoms. The predicted molar refractivity (Wildman–Crippen MR) is 81.2 cm³/mol. The highest BCUT2D eigenvalue weighted by Gasteiger charge is 2.16. The van der Waals surface area contributed by atoms with Crippen molar-refractivity contribution >= 4 is 21.6 Å². The Bertz CT molecular complexity index is 628. The summed E-state index contributed by atoms with van der Waals surface area (Å²) in [7, 11) is 0. The van der Waals surface area contributed by atoms with Gasteiger partial charge in [-0.3, -0.25) is 10.1 Å². The van der Waals surface area contributed by atoms with E-state index in [-0.39, 0.29) is 5.69 Å². The molecule has 0 bridgehead atoms. The Labute approximate surface area is 125 Å². The fraction of sp³-hybridized carbons (Fsp3) is 0.200. The predicted octanol–water partition coefficient (Wildman–Crippen LogP) is 4.38. The van der Waals surface area contributed by atoms with Crippen molar-refractivity contribution in [2.75, 3.05) is 0 Å².